The second kappa shape index (κ2) is 10.0. The van der Waals surface area contributed by atoms with Gasteiger partial charge in [0.05, 0.1) is 11.2 Å². The van der Waals surface area contributed by atoms with Gasteiger partial charge in [-0.2, -0.15) is 0 Å². The SMILES string of the molecule is CC1C=CC(OC(=O)N2CCCC(CNc3nc(-c4c[nH]c5ncc(Cl)cc45)ncc3F)C2)=CC1. The van der Waals surface area contributed by atoms with E-state index in [4.69, 9.17) is 16.3 Å². The molecule has 2 atom stereocenters. The Morgan fingerprint density at radius 2 is 2.26 bits per heavy atom. The van der Waals surface area contributed by atoms with Gasteiger partial charge in [-0.1, -0.05) is 24.6 Å². The van der Waals surface area contributed by atoms with Crippen LogP contribution in [0.4, 0.5) is 15.0 Å². The molecule has 35 heavy (non-hydrogen) atoms. The molecule has 182 valence electrons. The standard InChI is InChI=1S/C25H26ClFN6O2/c1-15-4-6-18(7-5-15)35-25(34)33-8-2-3-16(14-33)10-28-24-21(27)13-31-23(32-24)20-12-30-22-19(20)9-17(26)11-29-22/h4,6-7,9,11-13,15-16H,2-3,5,8,10,14H2,1H3,(H,29,30)(H,28,31,32). The number of nitrogens with zero attached hydrogens (tertiary/aromatic N) is 4. The lowest BCUT2D eigenvalue weighted by Gasteiger charge is -2.32. The Morgan fingerprint density at radius 1 is 1.37 bits per heavy atom. The van der Waals surface area contributed by atoms with Crippen LogP contribution in [0, 0.1) is 17.7 Å². The van der Waals surface area contributed by atoms with E-state index in [-0.39, 0.29) is 17.8 Å². The Bertz CT molecular complexity index is 1310. The number of likely N-dealkylation sites (tertiary alicyclic amines) is 1. The van der Waals surface area contributed by atoms with Gasteiger partial charge in [-0.15, -0.1) is 0 Å². The molecule has 1 aliphatic heterocycles. The normalized spacial score (nSPS) is 20.1. The molecule has 2 aliphatic rings. The van der Waals surface area contributed by atoms with Crippen molar-refractivity contribution < 1.29 is 13.9 Å². The molecule has 1 saturated heterocycles. The maximum absolute atomic E-state index is 14.5. The summed E-state index contributed by atoms with van der Waals surface area (Å²) in [6.07, 6.45) is 12.6. The zero-order chi connectivity index (χ0) is 24.4. The summed E-state index contributed by atoms with van der Waals surface area (Å²) < 4.78 is 20.1. The topological polar surface area (TPSA) is 96.0 Å². The molecule has 3 aromatic rings. The monoisotopic (exact) mass is 496 g/mol. The average molecular weight is 497 g/mol. The summed E-state index contributed by atoms with van der Waals surface area (Å²) in [6.45, 7) is 3.76. The van der Waals surface area contributed by atoms with Crippen LogP contribution in [0.2, 0.25) is 5.02 Å². The van der Waals surface area contributed by atoms with Gasteiger partial charge in [-0.3, -0.25) is 0 Å². The number of hydrogen-bond acceptors (Lipinski definition) is 6. The number of fused-ring (bicyclic) bond motifs is 1. The number of allylic oxidation sites excluding steroid dienone is 3. The quantitative estimate of drug-likeness (QED) is 0.480. The number of aromatic amines is 1. The fraction of sp³-hybridized carbons (Fsp3) is 0.360. The molecule has 2 N–H and O–H groups in total. The van der Waals surface area contributed by atoms with Gasteiger partial charge in [0.2, 0.25) is 0 Å². The van der Waals surface area contributed by atoms with E-state index in [0.29, 0.717) is 53.4 Å². The third-order valence-electron chi connectivity index (χ3n) is 6.30. The van der Waals surface area contributed by atoms with Gasteiger partial charge >= 0.3 is 6.09 Å². The maximum Gasteiger partial charge on any atom is 0.415 e. The third-order valence-corrected chi connectivity index (χ3v) is 6.51. The lowest BCUT2D eigenvalue weighted by molar-refractivity contribution is 0.110. The van der Waals surface area contributed by atoms with Gasteiger partial charge < -0.3 is 19.9 Å². The highest BCUT2D eigenvalue weighted by Crippen LogP contribution is 2.28. The minimum Gasteiger partial charge on any atom is -0.411 e. The molecule has 0 radical (unpaired) electrons. The Hall–Kier alpha value is -3.46. The van der Waals surface area contributed by atoms with Gasteiger partial charge in [0.1, 0.15) is 11.4 Å². The number of H-pyrrole nitrogens is 1. The minimum absolute atomic E-state index is 0.116. The molecule has 0 aromatic carbocycles. The predicted octanol–water partition coefficient (Wildman–Crippen LogP) is 5.55. The highest BCUT2D eigenvalue weighted by molar-refractivity contribution is 6.31. The van der Waals surface area contributed by atoms with Crippen LogP contribution < -0.4 is 5.32 Å². The Morgan fingerprint density at radius 3 is 3.09 bits per heavy atom. The van der Waals surface area contributed by atoms with E-state index in [0.717, 1.165) is 30.8 Å². The van der Waals surface area contributed by atoms with E-state index < -0.39 is 5.82 Å². The zero-order valence-corrected chi connectivity index (χ0v) is 20.1. The van der Waals surface area contributed by atoms with Gasteiger partial charge in [0, 0.05) is 43.0 Å². The Kier molecular flexibility index (Phi) is 6.68. The molecule has 0 spiro atoms. The predicted molar refractivity (Wildman–Crippen MR) is 132 cm³/mol. The number of ether oxygens (including phenoxy) is 1. The number of carbonyl (C=O) groups is 1. The summed E-state index contributed by atoms with van der Waals surface area (Å²) in [6, 6.07) is 1.77. The number of carbonyl (C=O) groups excluding carboxylic acids is 1. The third kappa shape index (κ3) is 5.30. The number of pyridine rings is 1. The second-order valence-corrected chi connectivity index (χ2v) is 9.46. The van der Waals surface area contributed by atoms with Crippen LogP contribution >= 0.6 is 11.6 Å². The van der Waals surface area contributed by atoms with E-state index in [2.05, 4.69) is 32.2 Å². The molecule has 10 heteroatoms. The van der Waals surface area contributed by atoms with Crippen molar-refractivity contribution in [1.29, 1.82) is 0 Å². The van der Waals surface area contributed by atoms with Gasteiger partial charge in [-0.25, -0.2) is 24.1 Å². The summed E-state index contributed by atoms with van der Waals surface area (Å²) in [7, 11) is 0. The first-order valence-corrected chi connectivity index (χ1v) is 12.1. The summed E-state index contributed by atoms with van der Waals surface area (Å²) in [5, 5.41) is 4.36. The van der Waals surface area contributed by atoms with Crippen LogP contribution in [0.3, 0.4) is 0 Å². The van der Waals surface area contributed by atoms with E-state index >= 15 is 0 Å². The number of hydrogen-bond donors (Lipinski definition) is 2. The zero-order valence-electron chi connectivity index (χ0n) is 19.3. The first-order chi connectivity index (χ1) is 17.0. The molecular formula is C25H26ClFN6O2. The molecular weight excluding hydrogens is 471 g/mol. The largest absolute Gasteiger partial charge is 0.415 e. The highest BCUT2D eigenvalue weighted by atomic mass is 35.5. The lowest BCUT2D eigenvalue weighted by Crippen LogP contribution is -2.42. The number of piperidine rings is 1. The van der Waals surface area contributed by atoms with E-state index in [1.807, 2.05) is 18.2 Å². The van der Waals surface area contributed by atoms with Crippen LogP contribution in [-0.4, -0.2) is 50.6 Å². The molecule has 8 nitrogen and oxygen atoms in total. The van der Waals surface area contributed by atoms with Crippen molar-refractivity contribution in [2.24, 2.45) is 11.8 Å². The fourth-order valence-electron chi connectivity index (χ4n) is 4.37. The van der Waals surface area contributed by atoms with E-state index in [1.54, 1.807) is 23.4 Å². The first kappa shape index (κ1) is 23.3. The maximum atomic E-state index is 14.5. The van der Waals surface area contributed by atoms with Gasteiger partial charge in [0.25, 0.3) is 0 Å². The van der Waals surface area contributed by atoms with Crippen molar-refractivity contribution in [3.05, 3.63) is 59.5 Å². The average Bonchev–Trinajstić information content (AvgIpc) is 3.28. The van der Waals surface area contributed by atoms with Crippen molar-refractivity contribution in [2.75, 3.05) is 25.0 Å². The lowest BCUT2D eigenvalue weighted by atomic mass is 9.98. The van der Waals surface area contributed by atoms with Gasteiger partial charge in [0.15, 0.2) is 17.5 Å². The number of rotatable bonds is 5. The van der Waals surface area contributed by atoms with E-state index in [9.17, 15) is 9.18 Å². The second-order valence-electron chi connectivity index (χ2n) is 9.02. The molecule has 4 heterocycles. The fourth-order valence-corrected chi connectivity index (χ4v) is 4.53. The number of nitrogens with one attached hydrogen (secondary N) is 2. The molecule has 1 amide bonds. The molecule has 0 saturated carbocycles. The summed E-state index contributed by atoms with van der Waals surface area (Å²) >= 11 is 6.09. The number of amides is 1. The number of anilines is 1. The Balaban J connectivity index is 1.23. The smallest absolute Gasteiger partial charge is 0.411 e. The minimum atomic E-state index is -0.540. The Labute approximate surface area is 207 Å². The molecule has 1 aliphatic carbocycles. The van der Waals surface area contributed by atoms with Crippen LogP contribution in [-0.2, 0) is 4.74 Å². The summed E-state index contributed by atoms with van der Waals surface area (Å²) in [5.74, 6) is 1.13. The molecule has 1 fully saturated rings. The first-order valence-electron chi connectivity index (χ1n) is 11.7. The van der Waals surface area contributed by atoms with Crippen molar-refractivity contribution in [3.63, 3.8) is 0 Å². The molecule has 5 rings (SSSR count). The summed E-state index contributed by atoms with van der Waals surface area (Å²) in [5.41, 5.74) is 1.33. The van der Waals surface area contributed by atoms with Crippen molar-refractivity contribution in [3.8, 4) is 11.4 Å². The van der Waals surface area contributed by atoms with Crippen LogP contribution in [0.25, 0.3) is 22.4 Å². The van der Waals surface area contributed by atoms with Crippen LogP contribution in [0.5, 0.6) is 0 Å². The highest BCUT2D eigenvalue weighted by Gasteiger charge is 2.26. The van der Waals surface area contributed by atoms with Crippen molar-refractivity contribution in [2.45, 2.75) is 26.2 Å². The summed E-state index contributed by atoms with van der Waals surface area (Å²) in [4.78, 5) is 30.2. The van der Waals surface area contributed by atoms with Crippen molar-refractivity contribution in [1.82, 2.24) is 24.8 Å². The molecule has 2 unspecified atom stereocenters. The van der Waals surface area contributed by atoms with Crippen molar-refractivity contribution >= 4 is 34.5 Å². The van der Waals surface area contributed by atoms with Crippen LogP contribution in [0.1, 0.15) is 26.2 Å². The molecule has 0 bridgehead atoms. The number of aromatic nitrogens is 4. The molecule has 3 aromatic heterocycles. The van der Waals surface area contributed by atoms with E-state index in [1.165, 1.54) is 0 Å². The number of halogens is 2. The van der Waals surface area contributed by atoms with Gasteiger partial charge in [-0.05, 0) is 49.3 Å². The van der Waals surface area contributed by atoms with Crippen LogP contribution in [0.15, 0.2) is 48.6 Å².